The Balaban J connectivity index is 4.35. The van der Waals surface area contributed by atoms with E-state index in [0.29, 0.717) is 25.7 Å². The molecular weight excluding hydrogens is 382 g/mol. The van der Waals surface area contributed by atoms with Crippen molar-refractivity contribution >= 4 is 58.3 Å². The molecule has 0 aliphatic carbocycles. The molecule has 0 spiro atoms. The largest absolute Gasteiger partial charge is 0.539 e. The summed E-state index contributed by atoms with van der Waals surface area (Å²) >= 11 is 23.3. The molecule has 0 heterocycles. The summed E-state index contributed by atoms with van der Waals surface area (Å²) in [6, 6.07) is 0. The van der Waals surface area contributed by atoms with Crippen LogP contribution in [-0.4, -0.2) is 60.6 Å². The number of carboxylic acid groups (broad SMARTS) is 1. The standard InChI is InChI=1S/C12H18Cl4O6/c1-8(7-21-5-4-20-3-2-13)12(15,16)9(6-14)22-11(19)10(17)18/h8-9H,2-7H2,1H3,(H,17,18)/p-1. The molecule has 0 fully saturated rings. The average Bonchev–Trinajstić information content (AvgIpc) is 2.47. The molecule has 0 saturated heterocycles. The van der Waals surface area contributed by atoms with Crippen LogP contribution in [0.1, 0.15) is 6.92 Å². The smallest absolute Gasteiger partial charge is 0.354 e. The molecule has 0 aromatic rings. The van der Waals surface area contributed by atoms with Crippen molar-refractivity contribution < 1.29 is 28.9 Å². The summed E-state index contributed by atoms with van der Waals surface area (Å²) in [5, 5.41) is 10.4. The summed E-state index contributed by atoms with van der Waals surface area (Å²) in [7, 11) is 0. The Morgan fingerprint density at radius 2 is 1.73 bits per heavy atom. The van der Waals surface area contributed by atoms with Crippen molar-refractivity contribution in [1.29, 1.82) is 0 Å². The molecule has 2 atom stereocenters. The van der Waals surface area contributed by atoms with Crippen LogP contribution in [0.4, 0.5) is 0 Å². The van der Waals surface area contributed by atoms with Gasteiger partial charge in [-0.2, -0.15) is 0 Å². The van der Waals surface area contributed by atoms with Crippen LogP contribution < -0.4 is 5.11 Å². The van der Waals surface area contributed by atoms with Crippen molar-refractivity contribution in [3.8, 4) is 0 Å². The van der Waals surface area contributed by atoms with E-state index in [2.05, 4.69) is 4.74 Å². The highest BCUT2D eigenvalue weighted by Gasteiger charge is 2.42. The number of alkyl halides is 4. The number of carbonyl (C=O) groups is 2. The van der Waals surface area contributed by atoms with Crippen molar-refractivity contribution in [2.24, 2.45) is 5.92 Å². The highest BCUT2D eigenvalue weighted by Crippen LogP contribution is 2.36. The third kappa shape index (κ3) is 8.04. The number of carboxylic acids is 1. The number of ether oxygens (including phenoxy) is 3. The first-order valence-electron chi connectivity index (χ1n) is 6.34. The Labute approximate surface area is 148 Å². The fraction of sp³-hybridized carbons (Fsp3) is 0.833. The minimum Gasteiger partial charge on any atom is -0.539 e. The fourth-order valence-corrected chi connectivity index (χ4v) is 2.30. The quantitative estimate of drug-likeness (QED) is 0.223. The van der Waals surface area contributed by atoms with E-state index in [9.17, 15) is 14.7 Å². The van der Waals surface area contributed by atoms with Crippen molar-refractivity contribution in [3.05, 3.63) is 0 Å². The van der Waals surface area contributed by atoms with Crippen molar-refractivity contribution in [3.63, 3.8) is 0 Å². The zero-order valence-electron chi connectivity index (χ0n) is 11.9. The van der Waals surface area contributed by atoms with E-state index < -0.39 is 28.3 Å². The third-order valence-corrected chi connectivity index (χ3v) is 4.27. The van der Waals surface area contributed by atoms with Gasteiger partial charge >= 0.3 is 5.97 Å². The van der Waals surface area contributed by atoms with Gasteiger partial charge in [0.15, 0.2) is 10.3 Å². The van der Waals surface area contributed by atoms with Gasteiger partial charge in [-0.05, 0) is 0 Å². The highest BCUT2D eigenvalue weighted by atomic mass is 35.5. The summed E-state index contributed by atoms with van der Waals surface area (Å²) < 4.78 is 13.4. The molecule has 6 nitrogen and oxygen atoms in total. The maximum atomic E-state index is 11.0. The van der Waals surface area contributed by atoms with Crippen LogP contribution in [0, 0.1) is 5.92 Å². The lowest BCUT2D eigenvalue weighted by Gasteiger charge is -2.33. The lowest BCUT2D eigenvalue weighted by Crippen LogP contribution is -2.46. The third-order valence-electron chi connectivity index (χ3n) is 2.60. The van der Waals surface area contributed by atoms with Gasteiger partial charge in [-0.15, -0.1) is 23.2 Å². The summed E-state index contributed by atoms with van der Waals surface area (Å²) in [5.74, 6) is -3.97. The summed E-state index contributed by atoms with van der Waals surface area (Å²) in [5.41, 5.74) is 0. The van der Waals surface area contributed by atoms with E-state index in [1.165, 1.54) is 0 Å². The SMILES string of the molecule is CC(COCCOCCCl)C(Cl)(Cl)C(CCl)OC(=O)C(=O)[O-]. The van der Waals surface area contributed by atoms with Crippen LogP contribution in [0.15, 0.2) is 0 Å². The molecule has 0 saturated carbocycles. The van der Waals surface area contributed by atoms with Gasteiger partial charge in [0.05, 0.1) is 32.3 Å². The van der Waals surface area contributed by atoms with Crippen LogP contribution >= 0.6 is 46.4 Å². The maximum Gasteiger partial charge on any atom is 0.354 e. The molecule has 0 rings (SSSR count). The summed E-state index contributed by atoms with van der Waals surface area (Å²) in [4.78, 5) is 21.4. The van der Waals surface area contributed by atoms with E-state index in [-0.39, 0.29) is 12.5 Å². The van der Waals surface area contributed by atoms with Crippen molar-refractivity contribution in [2.45, 2.75) is 17.4 Å². The van der Waals surface area contributed by atoms with E-state index >= 15 is 0 Å². The Bertz CT molecular complexity index is 353. The summed E-state index contributed by atoms with van der Waals surface area (Å²) in [6.07, 6.45) is -1.23. The number of rotatable bonds is 11. The van der Waals surface area contributed by atoms with Crippen LogP contribution in [0.2, 0.25) is 0 Å². The highest BCUT2D eigenvalue weighted by molar-refractivity contribution is 6.49. The number of halogens is 4. The van der Waals surface area contributed by atoms with Crippen molar-refractivity contribution in [2.75, 3.05) is 38.2 Å². The van der Waals surface area contributed by atoms with Crippen LogP contribution in [0.25, 0.3) is 0 Å². The van der Waals surface area contributed by atoms with Gasteiger partial charge in [-0.3, -0.25) is 0 Å². The zero-order valence-corrected chi connectivity index (χ0v) is 14.9. The molecule has 0 aliphatic heterocycles. The minimum atomic E-state index is -2.00. The minimum absolute atomic E-state index is 0.132. The van der Waals surface area contributed by atoms with Gasteiger partial charge in [0.1, 0.15) is 6.10 Å². The normalized spacial score (nSPS) is 14.4. The first-order chi connectivity index (χ1) is 10.3. The summed E-state index contributed by atoms with van der Waals surface area (Å²) in [6.45, 7) is 2.85. The second-order valence-electron chi connectivity index (χ2n) is 4.29. The zero-order chi connectivity index (χ0) is 17.2. The number of aliphatic carboxylic acids is 1. The Hall–Kier alpha value is 0.0200. The van der Waals surface area contributed by atoms with Gasteiger partial charge in [0.25, 0.3) is 0 Å². The monoisotopic (exact) mass is 397 g/mol. The Morgan fingerprint density at radius 3 is 2.23 bits per heavy atom. The molecule has 0 radical (unpaired) electrons. The van der Waals surface area contributed by atoms with E-state index in [4.69, 9.17) is 55.9 Å². The lowest BCUT2D eigenvalue weighted by atomic mass is 10.0. The van der Waals surface area contributed by atoms with E-state index in [1.807, 2.05) is 0 Å². The van der Waals surface area contributed by atoms with Crippen LogP contribution in [0.3, 0.4) is 0 Å². The van der Waals surface area contributed by atoms with E-state index in [1.54, 1.807) is 6.92 Å². The number of hydrogen-bond donors (Lipinski definition) is 0. The van der Waals surface area contributed by atoms with Gasteiger partial charge in [0, 0.05) is 11.8 Å². The molecule has 0 aromatic carbocycles. The van der Waals surface area contributed by atoms with E-state index in [0.717, 1.165) is 0 Å². The predicted octanol–water partition coefficient (Wildman–Crippen LogP) is 0.969. The number of carbonyl (C=O) groups excluding carboxylic acids is 2. The molecule has 130 valence electrons. The molecule has 10 heteroatoms. The molecule has 0 aromatic heterocycles. The fourth-order valence-electron chi connectivity index (χ4n) is 1.35. The van der Waals surface area contributed by atoms with Gasteiger partial charge in [0.2, 0.25) is 0 Å². The topological polar surface area (TPSA) is 84.9 Å². The molecule has 0 amide bonds. The van der Waals surface area contributed by atoms with Crippen LogP contribution in [0.5, 0.6) is 0 Å². The Morgan fingerprint density at radius 1 is 1.14 bits per heavy atom. The predicted molar refractivity (Wildman–Crippen MR) is 81.6 cm³/mol. The molecule has 0 bridgehead atoms. The maximum absolute atomic E-state index is 11.0. The number of esters is 1. The molecular formula is C12H17Cl4O6-. The van der Waals surface area contributed by atoms with Crippen molar-refractivity contribution in [1.82, 2.24) is 0 Å². The van der Waals surface area contributed by atoms with Gasteiger partial charge in [-0.1, -0.05) is 30.1 Å². The Kier molecular flexibility index (Phi) is 11.6. The van der Waals surface area contributed by atoms with Crippen LogP contribution in [-0.2, 0) is 23.8 Å². The molecule has 2 unspecified atom stereocenters. The molecule has 0 N–H and O–H groups in total. The van der Waals surface area contributed by atoms with Gasteiger partial charge in [-0.25, -0.2) is 4.79 Å². The molecule has 0 aliphatic rings. The second-order valence-corrected chi connectivity index (χ2v) is 6.42. The first-order valence-corrected chi connectivity index (χ1v) is 8.17. The first kappa shape index (κ1) is 22.0. The number of hydrogen-bond acceptors (Lipinski definition) is 6. The average molecular weight is 399 g/mol. The lowest BCUT2D eigenvalue weighted by molar-refractivity contribution is -0.304. The second kappa shape index (κ2) is 11.5. The molecule has 22 heavy (non-hydrogen) atoms. The van der Waals surface area contributed by atoms with Gasteiger partial charge < -0.3 is 24.1 Å².